The van der Waals surface area contributed by atoms with Gasteiger partial charge in [0.25, 0.3) is 0 Å². The molecule has 0 aliphatic carbocycles. The third-order valence-electron chi connectivity index (χ3n) is 1.97. The summed E-state index contributed by atoms with van der Waals surface area (Å²) >= 11 is 3.40. The maximum atomic E-state index is 4.19. The van der Waals surface area contributed by atoms with Crippen LogP contribution in [0.25, 0.3) is 5.52 Å². The fourth-order valence-electron chi connectivity index (χ4n) is 1.37. The minimum Gasteiger partial charge on any atom is -0.314 e. The normalized spacial score (nSPS) is 10.9. The monoisotopic (exact) mass is 239 g/mol. The molecule has 0 aliphatic rings. The molecule has 0 atom stereocenters. The molecule has 0 aliphatic heterocycles. The van der Waals surface area contributed by atoms with Gasteiger partial charge in [0.15, 0.2) is 0 Å². The van der Waals surface area contributed by atoms with Crippen LogP contribution in [0.4, 0.5) is 0 Å². The van der Waals surface area contributed by atoms with E-state index in [0.29, 0.717) is 0 Å². The topological polar surface area (TPSA) is 29.3 Å². The average molecular weight is 240 g/mol. The number of hydrogen-bond acceptors (Lipinski definition) is 2. The molecule has 0 radical (unpaired) electrons. The number of fused-ring (bicyclic) bond motifs is 1. The van der Waals surface area contributed by atoms with Crippen LogP contribution in [0, 0.1) is 0 Å². The number of nitrogens with zero attached hydrogens (tertiary/aromatic N) is 2. The Labute approximate surface area is 84.9 Å². The summed E-state index contributed by atoms with van der Waals surface area (Å²) < 4.78 is 2.96. The van der Waals surface area contributed by atoms with E-state index >= 15 is 0 Å². The molecular weight excluding hydrogens is 230 g/mol. The van der Waals surface area contributed by atoms with Gasteiger partial charge in [-0.25, -0.2) is 4.98 Å². The molecule has 13 heavy (non-hydrogen) atoms. The Kier molecular flexibility index (Phi) is 2.33. The molecule has 0 saturated carbocycles. The lowest BCUT2D eigenvalue weighted by Gasteiger charge is -2.03. The Morgan fingerprint density at radius 2 is 2.38 bits per heavy atom. The van der Waals surface area contributed by atoms with Crippen molar-refractivity contribution in [2.75, 3.05) is 7.05 Å². The van der Waals surface area contributed by atoms with Gasteiger partial charge in [-0.15, -0.1) is 0 Å². The van der Waals surface area contributed by atoms with Crippen molar-refractivity contribution in [2.24, 2.45) is 0 Å². The first kappa shape index (κ1) is 8.72. The summed E-state index contributed by atoms with van der Waals surface area (Å²) in [5.41, 5.74) is 2.31. The predicted octanol–water partition coefficient (Wildman–Crippen LogP) is 1.82. The summed E-state index contributed by atoms with van der Waals surface area (Å²) in [4.78, 5) is 4.19. The first-order chi connectivity index (χ1) is 6.33. The Bertz CT molecular complexity index is 422. The second kappa shape index (κ2) is 3.47. The fraction of sp³-hybridized carbons (Fsp3) is 0.222. The first-order valence-electron chi connectivity index (χ1n) is 4.08. The van der Waals surface area contributed by atoms with Gasteiger partial charge in [-0.3, -0.25) is 0 Å². The SMILES string of the molecule is CNCc1cccc2c(Br)ncn12. The van der Waals surface area contributed by atoms with Crippen LogP contribution < -0.4 is 5.32 Å². The van der Waals surface area contributed by atoms with E-state index < -0.39 is 0 Å². The highest BCUT2D eigenvalue weighted by atomic mass is 79.9. The summed E-state index contributed by atoms with van der Waals surface area (Å²) in [5, 5.41) is 3.12. The molecule has 2 aromatic rings. The van der Waals surface area contributed by atoms with Crippen LogP contribution in [0.5, 0.6) is 0 Å². The lowest BCUT2D eigenvalue weighted by Crippen LogP contribution is -2.08. The average Bonchev–Trinajstić information content (AvgIpc) is 2.50. The molecule has 2 heterocycles. The third-order valence-corrected chi connectivity index (χ3v) is 2.58. The van der Waals surface area contributed by atoms with E-state index in [0.717, 1.165) is 16.7 Å². The maximum Gasteiger partial charge on any atom is 0.131 e. The van der Waals surface area contributed by atoms with Gasteiger partial charge in [0.2, 0.25) is 0 Å². The number of hydrogen-bond donors (Lipinski definition) is 1. The van der Waals surface area contributed by atoms with Crippen LogP contribution >= 0.6 is 15.9 Å². The van der Waals surface area contributed by atoms with Gasteiger partial charge in [0, 0.05) is 12.2 Å². The van der Waals surface area contributed by atoms with E-state index in [4.69, 9.17) is 0 Å². The minimum atomic E-state index is 0.847. The van der Waals surface area contributed by atoms with Gasteiger partial charge in [0.1, 0.15) is 10.9 Å². The molecule has 2 rings (SSSR count). The molecule has 0 saturated heterocycles. The molecule has 3 nitrogen and oxygen atoms in total. The first-order valence-corrected chi connectivity index (χ1v) is 4.87. The van der Waals surface area contributed by atoms with Crippen molar-refractivity contribution >= 4 is 21.4 Å². The van der Waals surface area contributed by atoms with Gasteiger partial charge < -0.3 is 9.72 Å². The lowest BCUT2D eigenvalue weighted by molar-refractivity contribution is 0.776. The highest BCUT2D eigenvalue weighted by Gasteiger charge is 2.02. The van der Waals surface area contributed by atoms with Gasteiger partial charge in [-0.2, -0.15) is 0 Å². The van der Waals surface area contributed by atoms with E-state index in [-0.39, 0.29) is 0 Å². The summed E-state index contributed by atoms with van der Waals surface area (Å²) in [6.45, 7) is 0.847. The van der Waals surface area contributed by atoms with Gasteiger partial charge in [-0.1, -0.05) is 6.07 Å². The van der Waals surface area contributed by atoms with Crippen molar-refractivity contribution in [3.8, 4) is 0 Å². The highest BCUT2D eigenvalue weighted by Crippen LogP contribution is 2.17. The molecule has 0 amide bonds. The second-order valence-electron chi connectivity index (χ2n) is 2.84. The lowest BCUT2D eigenvalue weighted by atomic mass is 10.3. The number of pyridine rings is 1. The Balaban J connectivity index is 2.63. The Morgan fingerprint density at radius 3 is 3.15 bits per heavy atom. The molecule has 1 N–H and O–H groups in total. The van der Waals surface area contributed by atoms with Crippen molar-refractivity contribution in [1.29, 1.82) is 0 Å². The quantitative estimate of drug-likeness (QED) is 0.867. The molecule has 0 bridgehead atoms. The van der Waals surface area contributed by atoms with Crippen molar-refractivity contribution in [3.63, 3.8) is 0 Å². The summed E-state index contributed by atoms with van der Waals surface area (Å²) in [6.07, 6.45) is 1.83. The molecule has 0 unspecified atom stereocenters. The Morgan fingerprint density at radius 1 is 1.54 bits per heavy atom. The van der Waals surface area contributed by atoms with Gasteiger partial charge >= 0.3 is 0 Å². The standard InChI is InChI=1S/C9H10BrN3/c1-11-5-7-3-2-4-8-9(10)12-6-13(7)8/h2-4,6,11H,5H2,1H3. The number of nitrogens with one attached hydrogen (secondary N) is 1. The van der Waals surface area contributed by atoms with Crippen molar-refractivity contribution in [3.05, 3.63) is 34.8 Å². The second-order valence-corrected chi connectivity index (χ2v) is 3.59. The highest BCUT2D eigenvalue weighted by molar-refractivity contribution is 9.10. The fourth-order valence-corrected chi connectivity index (χ4v) is 1.78. The van der Waals surface area contributed by atoms with E-state index in [9.17, 15) is 0 Å². The van der Waals surface area contributed by atoms with Crippen molar-refractivity contribution < 1.29 is 0 Å². The molecule has 0 spiro atoms. The summed E-state index contributed by atoms with van der Waals surface area (Å²) in [6, 6.07) is 6.16. The van der Waals surface area contributed by atoms with Gasteiger partial charge in [0.05, 0.1) is 5.52 Å². The zero-order valence-electron chi connectivity index (χ0n) is 7.29. The maximum absolute atomic E-state index is 4.19. The van der Waals surface area contributed by atoms with Crippen molar-refractivity contribution in [2.45, 2.75) is 6.54 Å². The van der Waals surface area contributed by atoms with Crippen LogP contribution in [-0.2, 0) is 6.54 Å². The van der Waals surface area contributed by atoms with E-state index in [1.165, 1.54) is 5.69 Å². The van der Waals surface area contributed by atoms with Crippen LogP contribution in [0.15, 0.2) is 29.1 Å². The van der Waals surface area contributed by atoms with Crippen LogP contribution in [-0.4, -0.2) is 16.4 Å². The van der Waals surface area contributed by atoms with E-state index in [1.807, 2.05) is 25.5 Å². The zero-order chi connectivity index (χ0) is 9.26. The van der Waals surface area contributed by atoms with Crippen LogP contribution in [0.3, 0.4) is 0 Å². The number of imidazole rings is 1. The predicted molar refractivity (Wildman–Crippen MR) is 55.7 cm³/mol. The van der Waals surface area contributed by atoms with Gasteiger partial charge in [-0.05, 0) is 35.1 Å². The molecule has 0 fully saturated rings. The molecule has 4 heteroatoms. The molecule has 0 aromatic carbocycles. The number of rotatable bonds is 2. The number of halogens is 1. The smallest absolute Gasteiger partial charge is 0.131 e. The third kappa shape index (κ3) is 1.47. The number of aromatic nitrogens is 2. The zero-order valence-corrected chi connectivity index (χ0v) is 8.87. The summed E-state index contributed by atoms with van der Waals surface area (Å²) in [5.74, 6) is 0. The molecule has 2 aromatic heterocycles. The minimum absolute atomic E-state index is 0.847. The van der Waals surface area contributed by atoms with E-state index in [2.05, 4.69) is 36.7 Å². The van der Waals surface area contributed by atoms with E-state index in [1.54, 1.807) is 0 Å². The largest absolute Gasteiger partial charge is 0.314 e. The summed E-state index contributed by atoms with van der Waals surface area (Å²) in [7, 11) is 1.94. The van der Waals surface area contributed by atoms with Crippen LogP contribution in [0.2, 0.25) is 0 Å². The molecule has 68 valence electrons. The van der Waals surface area contributed by atoms with Crippen LogP contribution in [0.1, 0.15) is 5.69 Å². The molecular formula is C9H10BrN3. The van der Waals surface area contributed by atoms with Crippen molar-refractivity contribution in [1.82, 2.24) is 14.7 Å². The Hall–Kier alpha value is -0.870.